The maximum atomic E-state index is 13.8. The predicted molar refractivity (Wildman–Crippen MR) is 127 cm³/mol. The fourth-order valence-corrected chi connectivity index (χ4v) is 5.17. The molecular weight excluding hydrogens is 418 g/mol. The zero-order chi connectivity index (χ0) is 23.3. The zero-order valence-corrected chi connectivity index (χ0v) is 20.0. The van der Waals surface area contributed by atoms with Gasteiger partial charge in [0.05, 0.1) is 18.5 Å². The first-order chi connectivity index (χ1) is 16.0. The fourth-order valence-electron chi connectivity index (χ4n) is 5.17. The molecule has 1 saturated carbocycles. The number of hydrogen-bond donors (Lipinski definition) is 1. The standard InChI is InChI=1S/C26H37N3O4/c1-3-32-17-10-16-29-24(30)22-15-14-21(23-13-9-18-33-23)28(22)19-26(29,2)25(31)27-20-11-7-5-4-6-8-12-20/h9,13-15,18,20H,3-8,10-12,16-17,19H2,1-2H3,(H,27,31). The van der Waals surface area contributed by atoms with Crippen molar-refractivity contribution in [3.8, 4) is 11.5 Å². The van der Waals surface area contributed by atoms with Gasteiger partial charge >= 0.3 is 0 Å². The number of rotatable bonds is 8. The van der Waals surface area contributed by atoms with E-state index in [1.165, 1.54) is 19.3 Å². The van der Waals surface area contributed by atoms with E-state index in [4.69, 9.17) is 9.15 Å². The molecule has 0 radical (unpaired) electrons. The predicted octanol–water partition coefficient (Wildman–Crippen LogP) is 4.62. The molecule has 7 heteroatoms. The number of aromatic nitrogens is 1. The number of fused-ring (bicyclic) bond motifs is 1. The number of ether oxygens (including phenoxy) is 1. The Balaban J connectivity index is 1.61. The summed E-state index contributed by atoms with van der Waals surface area (Å²) in [6, 6.07) is 7.63. The van der Waals surface area contributed by atoms with Crippen molar-refractivity contribution in [2.75, 3.05) is 19.8 Å². The molecule has 1 N–H and O–H groups in total. The van der Waals surface area contributed by atoms with Crippen LogP contribution in [0.2, 0.25) is 0 Å². The molecule has 4 rings (SSSR count). The third-order valence-corrected chi connectivity index (χ3v) is 7.08. The summed E-state index contributed by atoms with van der Waals surface area (Å²) >= 11 is 0. The smallest absolute Gasteiger partial charge is 0.271 e. The molecule has 1 atom stereocenters. The minimum atomic E-state index is -0.987. The third-order valence-electron chi connectivity index (χ3n) is 7.08. The van der Waals surface area contributed by atoms with Gasteiger partial charge in [-0.05, 0) is 57.4 Å². The normalized spacial score (nSPS) is 22.0. The van der Waals surface area contributed by atoms with Crippen molar-refractivity contribution in [2.24, 2.45) is 0 Å². The molecular formula is C26H37N3O4. The number of nitrogens with zero attached hydrogens (tertiary/aromatic N) is 2. The van der Waals surface area contributed by atoms with E-state index >= 15 is 0 Å². The SMILES string of the molecule is CCOCCCN1C(=O)c2ccc(-c3ccco3)n2CC1(C)C(=O)NC1CCCCCCC1. The minimum Gasteiger partial charge on any atom is -0.463 e. The highest BCUT2D eigenvalue weighted by atomic mass is 16.5. The molecule has 0 aromatic carbocycles. The monoisotopic (exact) mass is 455 g/mol. The van der Waals surface area contributed by atoms with E-state index < -0.39 is 5.54 Å². The van der Waals surface area contributed by atoms with Gasteiger partial charge in [0.15, 0.2) is 0 Å². The largest absolute Gasteiger partial charge is 0.463 e. The first-order valence-corrected chi connectivity index (χ1v) is 12.5. The molecule has 180 valence electrons. The first kappa shape index (κ1) is 23.6. The molecule has 2 aromatic rings. The number of amides is 2. The topological polar surface area (TPSA) is 76.7 Å². The van der Waals surface area contributed by atoms with Crippen LogP contribution in [0.1, 0.15) is 75.7 Å². The van der Waals surface area contributed by atoms with Crippen LogP contribution in [-0.4, -0.2) is 52.6 Å². The number of carbonyl (C=O) groups is 2. The zero-order valence-electron chi connectivity index (χ0n) is 20.0. The van der Waals surface area contributed by atoms with Crippen LogP contribution in [0.5, 0.6) is 0 Å². The molecule has 1 aliphatic carbocycles. The molecule has 0 spiro atoms. The Morgan fingerprint density at radius 3 is 2.58 bits per heavy atom. The van der Waals surface area contributed by atoms with Gasteiger partial charge in [-0.15, -0.1) is 0 Å². The van der Waals surface area contributed by atoms with Crippen LogP contribution >= 0.6 is 0 Å². The Morgan fingerprint density at radius 2 is 1.88 bits per heavy atom. The van der Waals surface area contributed by atoms with E-state index in [0.29, 0.717) is 44.2 Å². The Bertz CT molecular complexity index is 927. The van der Waals surface area contributed by atoms with E-state index in [0.717, 1.165) is 31.4 Å². The number of hydrogen-bond acceptors (Lipinski definition) is 4. The molecule has 0 saturated heterocycles. The molecule has 0 bridgehead atoms. The Labute approximate surface area is 196 Å². The van der Waals surface area contributed by atoms with Crippen molar-refractivity contribution in [1.82, 2.24) is 14.8 Å². The Kier molecular flexibility index (Phi) is 7.58. The van der Waals surface area contributed by atoms with Crippen molar-refractivity contribution >= 4 is 11.8 Å². The summed E-state index contributed by atoms with van der Waals surface area (Å²) in [7, 11) is 0. The average Bonchev–Trinajstić information content (AvgIpc) is 3.44. The summed E-state index contributed by atoms with van der Waals surface area (Å²) in [5.41, 5.74) is 0.426. The second-order valence-electron chi connectivity index (χ2n) is 9.46. The van der Waals surface area contributed by atoms with Crippen molar-refractivity contribution in [3.05, 3.63) is 36.2 Å². The fraction of sp³-hybridized carbons (Fsp3) is 0.615. The van der Waals surface area contributed by atoms with Gasteiger partial charge in [-0.25, -0.2) is 0 Å². The summed E-state index contributed by atoms with van der Waals surface area (Å²) in [6.07, 6.45) is 10.4. The summed E-state index contributed by atoms with van der Waals surface area (Å²) in [5, 5.41) is 3.33. The number of nitrogens with one attached hydrogen (secondary N) is 1. The van der Waals surface area contributed by atoms with Crippen LogP contribution in [0.3, 0.4) is 0 Å². The number of furan rings is 1. The lowest BCUT2D eigenvalue weighted by atomic mass is 9.92. The van der Waals surface area contributed by atoms with Crippen molar-refractivity contribution in [1.29, 1.82) is 0 Å². The van der Waals surface area contributed by atoms with Crippen LogP contribution in [0.25, 0.3) is 11.5 Å². The van der Waals surface area contributed by atoms with Crippen LogP contribution < -0.4 is 5.32 Å². The molecule has 1 fully saturated rings. The van der Waals surface area contributed by atoms with E-state index in [-0.39, 0.29) is 17.9 Å². The van der Waals surface area contributed by atoms with Gasteiger partial charge in [0, 0.05) is 25.8 Å². The van der Waals surface area contributed by atoms with Crippen molar-refractivity contribution < 1.29 is 18.7 Å². The maximum absolute atomic E-state index is 13.8. The minimum absolute atomic E-state index is 0.0671. The number of carbonyl (C=O) groups excluding carboxylic acids is 2. The van der Waals surface area contributed by atoms with Gasteiger partial charge in [-0.2, -0.15) is 0 Å². The van der Waals surface area contributed by atoms with Gasteiger partial charge < -0.3 is 23.9 Å². The lowest BCUT2D eigenvalue weighted by Crippen LogP contribution is -2.65. The van der Waals surface area contributed by atoms with Gasteiger partial charge in [-0.1, -0.05) is 32.1 Å². The molecule has 1 aliphatic heterocycles. The highest BCUT2D eigenvalue weighted by Crippen LogP contribution is 2.33. The van der Waals surface area contributed by atoms with Crippen LogP contribution in [-0.2, 0) is 16.1 Å². The van der Waals surface area contributed by atoms with E-state index in [2.05, 4.69) is 5.32 Å². The van der Waals surface area contributed by atoms with E-state index in [9.17, 15) is 9.59 Å². The molecule has 2 amide bonds. The van der Waals surface area contributed by atoms with E-state index in [1.54, 1.807) is 11.2 Å². The lowest BCUT2D eigenvalue weighted by molar-refractivity contribution is -0.133. The summed E-state index contributed by atoms with van der Waals surface area (Å²) in [4.78, 5) is 29.2. The molecule has 1 unspecified atom stereocenters. The van der Waals surface area contributed by atoms with Crippen molar-refractivity contribution in [3.63, 3.8) is 0 Å². The molecule has 7 nitrogen and oxygen atoms in total. The van der Waals surface area contributed by atoms with E-state index in [1.807, 2.05) is 42.7 Å². The van der Waals surface area contributed by atoms with Crippen LogP contribution in [0.15, 0.2) is 34.9 Å². The van der Waals surface area contributed by atoms with Crippen molar-refractivity contribution in [2.45, 2.75) is 83.3 Å². The van der Waals surface area contributed by atoms with Crippen LogP contribution in [0, 0.1) is 0 Å². The second-order valence-corrected chi connectivity index (χ2v) is 9.46. The summed E-state index contributed by atoms with van der Waals surface area (Å²) in [6.45, 7) is 5.95. The summed E-state index contributed by atoms with van der Waals surface area (Å²) in [5.74, 6) is 0.509. The first-order valence-electron chi connectivity index (χ1n) is 12.5. The quantitative estimate of drug-likeness (QED) is 0.590. The molecule has 2 aliphatic rings. The average molecular weight is 456 g/mol. The Hall–Kier alpha value is -2.54. The highest BCUT2D eigenvalue weighted by Gasteiger charge is 2.48. The third kappa shape index (κ3) is 5.03. The second kappa shape index (κ2) is 10.6. The van der Waals surface area contributed by atoms with Gasteiger partial charge in [-0.3, -0.25) is 9.59 Å². The Morgan fingerprint density at radius 1 is 1.15 bits per heavy atom. The van der Waals surface area contributed by atoms with Gasteiger partial charge in [0.1, 0.15) is 17.0 Å². The molecule has 33 heavy (non-hydrogen) atoms. The lowest BCUT2D eigenvalue weighted by Gasteiger charge is -2.45. The molecule has 2 aromatic heterocycles. The maximum Gasteiger partial charge on any atom is 0.271 e. The van der Waals surface area contributed by atoms with Gasteiger partial charge in [0.25, 0.3) is 5.91 Å². The van der Waals surface area contributed by atoms with Gasteiger partial charge in [0.2, 0.25) is 5.91 Å². The summed E-state index contributed by atoms with van der Waals surface area (Å²) < 4.78 is 13.1. The highest BCUT2D eigenvalue weighted by molar-refractivity contribution is 6.00. The molecule has 3 heterocycles. The van der Waals surface area contributed by atoms with Crippen LogP contribution in [0.4, 0.5) is 0 Å².